The molecule has 1 heterocycles. The molecule has 0 radical (unpaired) electrons. The molecule has 1 N–H and O–H groups in total. The molecule has 2 rings (SSSR count). The molecule has 4 nitrogen and oxygen atoms in total. The van der Waals surface area contributed by atoms with Crippen molar-refractivity contribution in [3.05, 3.63) is 22.7 Å². The summed E-state index contributed by atoms with van der Waals surface area (Å²) in [6, 6.07) is 3.69. The van der Waals surface area contributed by atoms with Crippen molar-refractivity contribution in [3.63, 3.8) is 0 Å². The van der Waals surface area contributed by atoms with Crippen molar-refractivity contribution in [2.75, 3.05) is 25.6 Å². The highest BCUT2D eigenvalue weighted by Crippen LogP contribution is 2.36. The molecule has 98 valence electrons. The number of hydrogen-bond donors (Lipinski definition) is 1. The van der Waals surface area contributed by atoms with Gasteiger partial charge >= 0.3 is 5.97 Å². The number of aliphatic carboxylic acids is 1. The number of fused-ring (bicyclic) bond motifs is 1. The summed E-state index contributed by atoms with van der Waals surface area (Å²) >= 11 is 6.11. The number of halogens is 1. The fourth-order valence-electron chi connectivity index (χ4n) is 2.31. The molecule has 0 saturated heterocycles. The monoisotopic (exact) mass is 269 g/mol. The second kappa shape index (κ2) is 5.06. The quantitative estimate of drug-likeness (QED) is 0.896. The van der Waals surface area contributed by atoms with Gasteiger partial charge in [0.25, 0.3) is 0 Å². The van der Waals surface area contributed by atoms with Crippen molar-refractivity contribution < 1.29 is 14.6 Å². The van der Waals surface area contributed by atoms with E-state index in [0.717, 1.165) is 11.3 Å². The zero-order chi connectivity index (χ0) is 13.3. The highest BCUT2D eigenvalue weighted by Gasteiger charge is 2.25. The molecule has 1 aliphatic rings. The van der Waals surface area contributed by atoms with E-state index in [4.69, 9.17) is 16.3 Å². The third kappa shape index (κ3) is 2.38. The third-order valence-electron chi connectivity index (χ3n) is 3.39. The molecule has 1 unspecified atom stereocenters. The van der Waals surface area contributed by atoms with E-state index >= 15 is 0 Å². The lowest BCUT2D eigenvalue weighted by Crippen LogP contribution is -2.21. The first-order chi connectivity index (χ1) is 8.52. The van der Waals surface area contributed by atoms with Crippen LogP contribution in [0.15, 0.2) is 12.1 Å². The lowest BCUT2D eigenvalue weighted by atomic mass is 9.97. The van der Waals surface area contributed by atoms with Gasteiger partial charge in [-0.15, -0.1) is 0 Å². The SMILES string of the molecule is COc1cc2c(cc1Cl)N(C)CCC(C(=O)O)C2. The van der Waals surface area contributed by atoms with Crippen LogP contribution in [0.1, 0.15) is 12.0 Å². The fourth-order valence-corrected chi connectivity index (χ4v) is 2.54. The van der Waals surface area contributed by atoms with Crippen LogP contribution in [0, 0.1) is 5.92 Å². The van der Waals surface area contributed by atoms with Gasteiger partial charge in [-0.3, -0.25) is 4.79 Å². The Kier molecular flexibility index (Phi) is 3.66. The van der Waals surface area contributed by atoms with E-state index in [9.17, 15) is 9.90 Å². The Bertz CT molecular complexity index is 476. The first-order valence-electron chi connectivity index (χ1n) is 5.83. The summed E-state index contributed by atoms with van der Waals surface area (Å²) in [6.45, 7) is 0.715. The van der Waals surface area contributed by atoms with Gasteiger partial charge in [0.05, 0.1) is 18.1 Å². The maximum atomic E-state index is 11.2. The van der Waals surface area contributed by atoms with E-state index in [2.05, 4.69) is 0 Å². The van der Waals surface area contributed by atoms with Gasteiger partial charge in [0.2, 0.25) is 0 Å². The Balaban J connectivity index is 2.44. The molecule has 0 amide bonds. The number of carboxylic acids is 1. The van der Waals surface area contributed by atoms with Crippen LogP contribution >= 0.6 is 11.6 Å². The van der Waals surface area contributed by atoms with Gasteiger partial charge in [0.1, 0.15) is 5.75 Å². The van der Waals surface area contributed by atoms with Gasteiger partial charge in [0, 0.05) is 19.3 Å². The zero-order valence-corrected chi connectivity index (χ0v) is 11.2. The summed E-state index contributed by atoms with van der Waals surface area (Å²) in [6.07, 6.45) is 1.16. The van der Waals surface area contributed by atoms with Crippen LogP contribution < -0.4 is 9.64 Å². The maximum Gasteiger partial charge on any atom is 0.306 e. The van der Waals surface area contributed by atoms with E-state index in [-0.39, 0.29) is 5.92 Å². The number of carbonyl (C=O) groups is 1. The first-order valence-corrected chi connectivity index (χ1v) is 6.21. The average Bonchev–Trinajstić information content (AvgIpc) is 2.49. The molecule has 0 aromatic heterocycles. The summed E-state index contributed by atoms with van der Waals surface area (Å²) in [5.74, 6) is -0.500. The molecule has 0 aliphatic carbocycles. The largest absolute Gasteiger partial charge is 0.495 e. The molecule has 0 spiro atoms. The Morgan fingerprint density at radius 3 is 2.89 bits per heavy atom. The number of methoxy groups -OCH3 is 1. The second-order valence-electron chi connectivity index (χ2n) is 4.56. The molecular weight excluding hydrogens is 254 g/mol. The predicted octanol–water partition coefficient (Wildman–Crippen LogP) is 2.43. The number of carboxylic acid groups (broad SMARTS) is 1. The third-order valence-corrected chi connectivity index (χ3v) is 3.69. The summed E-state index contributed by atoms with van der Waals surface area (Å²) in [5, 5.41) is 9.73. The smallest absolute Gasteiger partial charge is 0.306 e. The number of benzene rings is 1. The van der Waals surface area contributed by atoms with Crippen LogP contribution in [0.25, 0.3) is 0 Å². The molecule has 18 heavy (non-hydrogen) atoms. The average molecular weight is 270 g/mol. The van der Waals surface area contributed by atoms with Crippen LogP contribution in [0.2, 0.25) is 5.02 Å². The minimum Gasteiger partial charge on any atom is -0.495 e. The summed E-state index contributed by atoms with van der Waals surface area (Å²) < 4.78 is 5.18. The van der Waals surface area contributed by atoms with E-state index in [0.29, 0.717) is 30.2 Å². The molecule has 5 heteroatoms. The van der Waals surface area contributed by atoms with Gasteiger partial charge in [-0.05, 0) is 30.5 Å². The van der Waals surface area contributed by atoms with Crippen molar-refractivity contribution >= 4 is 23.3 Å². The highest BCUT2D eigenvalue weighted by atomic mass is 35.5. The van der Waals surface area contributed by atoms with Crippen molar-refractivity contribution in [2.45, 2.75) is 12.8 Å². The zero-order valence-electron chi connectivity index (χ0n) is 10.4. The van der Waals surface area contributed by atoms with Crippen LogP contribution in [0.4, 0.5) is 5.69 Å². The minimum absolute atomic E-state index is 0.348. The minimum atomic E-state index is -0.745. The normalized spacial score (nSPS) is 19.1. The van der Waals surface area contributed by atoms with E-state index < -0.39 is 5.97 Å². The Labute approximate surface area is 111 Å². The lowest BCUT2D eigenvalue weighted by Gasteiger charge is -2.20. The number of anilines is 1. The van der Waals surface area contributed by atoms with Crippen LogP contribution in [0.3, 0.4) is 0 Å². The standard InChI is InChI=1S/C13H16ClNO3/c1-15-4-3-8(13(16)17)5-9-6-12(18-2)10(14)7-11(9)15/h6-8H,3-5H2,1-2H3,(H,16,17). The van der Waals surface area contributed by atoms with E-state index in [1.54, 1.807) is 7.11 Å². The Hall–Kier alpha value is -1.42. The van der Waals surface area contributed by atoms with Crippen molar-refractivity contribution in [2.24, 2.45) is 5.92 Å². The van der Waals surface area contributed by atoms with Crippen LogP contribution in [-0.4, -0.2) is 31.8 Å². The molecule has 1 aromatic carbocycles. The number of hydrogen-bond acceptors (Lipinski definition) is 3. The van der Waals surface area contributed by atoms with Crippen molar-refractivity contribution in [1.29, 1.82) is 0 Å². The molecule has 1 atom stereocenters. The van der Waals surface area contributed by atoms with Crippen molar-refractivity contribution in [1.82, 2.24) is 0 Å². The molecule has 0 saturated carbocycles. The lowest BCUT2D eigenvalue weighted by molar-refractivity contribution is -0.141. The first kappa shape index (κ1) is 13.0. The van der Waals surface area contributed by atoms with E-state index in [1.165, 1.54) is 0 Å². The Morgan fingerprint density at radius 1 is 1.56 bits per heavy atom. The van der Waals surface area contributed by atoms with Crippen molar-refractivity contribution in [3.8, 4) is 5.75 Å². The number of rotatable bonds is 2. The maximum absolute atomic E-state index is 11.2. The van der Waals surface area contributed by atoms with Crippen LogP contribution in [0.5, 0.6) is 5.75 Å². The van der Waals surface area contributed by atoms with Gasteiger partial charge in [-0.25, -0.2) is 0 Å². The molecule has 0 fully saturated rings. The topological polar surface area (TPSA) is 49.8 Å². The van der Waals surface area contributed by atoms with Gasteiger partial charge in [0.15, 0.2) is 0 Å². The van der Waals surface area contributed by atoms with Gasteiger partial charge in [-0.1, -0.05) is 11.6 Å². The Morgan fingerprint density at radius 2 is 2.28 bits per heavy atom. The van der Waals surface area contributed by atoms with Crippen LogP contribution in [-0.2, 0) is 11.2 Å². The number of nitrogens with zero attached hydrogens (tertiary/aromatic N) is 1. The highest BCUT2D eigenvalue weighted by molar-refractivity contribution is 6.32. The molecule has 1 aromatic rings. The summed E-state index contributed by atoms with van der Waals surface area (Å²) in [5.41, 5.74) is 1.97. The molecular formula is C13H16ClNO3. The fraction of sp³-hybridized carbons (Fsp3) is 0.462. The van der Waals surface area contributed by atoms with Gasteiger partial charge in [-0.2, -0.15) is 0 Å². The van der Waals surface area contributed by atoms with Gasteiger partial charge < -0.3 is 14.7 Å². The second-order valence-corrected chi connectivity index (χ2v) is 4.97. The summed E-state index contributed by atoms with van der Waals surface area (Å²) in [4.78, 5) is 13.2. The predicted molar refractivity (Wildman–Crippen MR) is 70.7 cm³/mol. The molecule has 1 aliphatic heterocycles. The molecule has 0 bridgehead atoms. The van der Waals surface area contributed by atoms with E-state index in [1.807, 2.05) is 24.1 Å². The number of ether oxygens (including phenoxy) is 1. The summed E-state index contributed by atoms with van der Waals surface area (Å²) in [7, 11) is 3.51.